The van der Waals surface area contributed by atoms with E-state index in [1.165, 1.54) is 0 Å². The Hall–Kier alpha value is -0.970. The molecule has 1 saturated carbocycles. The molecule has 0 aliphatic heterocycles. The number of aliphatic carboxylic acids is 1. The lowest BCUT2D eigenvalue weighted by Crippen LogP contribution is -2.41. The van der Waals surface area contributed by atoms with Gasteiger partial charge in [-0.2, -0.15) is 11.8 Å². The van der Waals surface area contributed by atoms with Crippen LogP contribution < -0.4 is 5.32 Å². The predicted molar refractivity (Wildman–Crippen MR) is 71.3 cm³/mol. The molecular formula is C13H19NO3S. The summed E-state index contributed by atoms with van der Waals surface area (Å²) in [6, 6.07) is 0. The number of hydrogen-bond donors (Lipinski definition) is 2. The van der Waals surface area contributed by atoms with Gasteiger partial charge >= 0.3 is 5.97 Å². The Bertz CT molecular complexity index is 382. The molecule has 2 rings (SSSR count). The molecule has 5 heteroatoms. The van der Waals surface area contributed by atoms with Crippen LogP contribution in [0.3, 0.4) is 0 Å². The van der Waals surface area contributed by atoms with Gasteiger partial charge in [0.1, 0.15) is 0 Å². The number of hydrogen-bond acceptors (Lipinski definition) is 3. The first kappa shape index (κ1) is 13.5. The monoisotopic (exact) mass is 269 g/mol. The van der Waals surface area contributed by atoms with Crippen LogP contribution >= 0.6 is 11.8 Å². The summed E-state index contributed by atoms with van der Waals surface area (Å²) < 4.78 is 0. The van der Waals surface area contributed by atoms with Gasteiger partial charge in [-0.3, -0.25) is 9.59 Å². The molecule has 0 aromatic rings. The van der Waals surface area contributed by atoms with Gasteiger partial charge in [0.25, 0.3) is 0 Å². The maximum atomic E-state index is 12.2. The van der Waals surface area contributed by atoms with E-state index < -0.39 is 11.9 Å². The Morgan fingerprint density at radius 2 is 2.00 bits per heavy atom. The number of nitrogens with one attached hydrogen (secondary N) is 1. The summed E-state index contributed by atoms with van der Waals surface area (Å²) in [7, 11) is 0. The van der Waals surface area contributed by atoms with E-state index >= 15 is 0 Å². The average molecular weight is 269 g/mol. The highest BCUT2D eigenvalue weighted by Gasteiger charge is 2.51. The van der Waals surface area contributed by atoms with Gasteiger partial charge in [-0.25, -0.2) is 0 Å². The number of carboxylic acid groups (broad SMARTS) is 1. The fourth-order valence-corrected chi connectivity index (χ4v) is 3.21. The number of carboxylic acids is 1. The topological polar surface area (TPSA) is 66.4 Å². The van der Waals surface area contributed by atoms with Crippen molar-refractivity contribution in [3.05, 3.63) is 12.2 Å². The first-order valence-electron chi connectivity index (χ1n) is 6.26. The van der Waals surface area contributed by atoms with Gasteiger partial charge in [0.05, 0.1) is 11.8 Å². The van der Waals surface area contributed by atoms with Gasteiger partial charge in [0.2, 0.25) is 5.91 Å². The molecule has 5 unspecified atom stereocenters. The zero-order valence-corrected chi connectivity index (χ0v) is 11.4. The second-order valence-electron chi connectivity index (χ2n) is 5.13. The van der Waals surface area contributed by atoms with E-state index in [9.17, 15) is 14.7 Å². The smallest absolute Gasteiger partial charge is 0.307 e. The second kappa shape index (κ2) is 5.34. The summed E-state index contributed by atoms with van der Waals surface area (Å²) >= 11 is 1.69. The van der Waals surface area contributed by atoms with E-state index in [-0.39, 0.29) is 23.7 Å². The maximum Gasteiger partial charge on any atom is 0.307 e. The maximum absolute atomic E-state index is 12.2. The zero-order chi connectivity index (χ0) is 13.3. The van der Waals surface area contributed by atoms with Crippen molar-refractivity contribution in [2.45, 2.75) is 18.6 Å². The Morgan fingerprint density at radius 3 is 2.56 bits per heavy atom. The summed E-state index contributed by atoms with van der Waals surface area (Å²) in [4.78, 5) is 23.4. The van der Waals surface area contributed by atoms with Crippen LogP contribution in [0.4, 0.5) is 0 Å². The standard InChI is InChI=1S/C13H19NO3S/c1-7(18-2)6-14-12(15)10-8-3-4-9(5-8)11(10)13(16)17/h3-4,7-11H,5-6H2,1-2H3,(H,14,15)(H,16,17). The molecule has 100 valence electrons. The molecule has 0 aromatic heterocycles. The molecular weight excluding hydrogens is 250 g/mol. The third-order valence-electron chi connectivity index (χ3n) is 4.01. The Kier molecular flexibility index (Phi) is 4.00. The van der Waals surface area contributed by atoms with Crippen LogP contribution in [0, 0.1) is 23.7 Å². The van der Waals surface area contributed by atoms with Gasteiger partial charge < -0.3 is 10.4 Å². The van der Waals surface area contributed by atoms with Crippen LogP contribution in [0.1, 0.15) is 13.3 Å². The summed E-state index contributed by atoms with van der Waals surface area (Å²) in [6.07, 6.45) is 6.77. The van der Waals surface area contributed by atoms with Crippen molar-refractivity contribution in [2.75, 3.05) is 12.8 Å². The molecule has 2 bridgehead atoms. The number of thioether (sulfide) groups is 1. The highest BCUT2D eigenvalue weighted by atomic mass is 32.2. The van der Waals surface area contributed by atoms with Gasteiger partial charge in [-0.05, 0) is 24.5 Å². The lowest BCUT2D eigenvalue weighted by atomic mass is 9.82. The van der Waals surface area contributed by atoms with Crippen molar-refractivity contribution in [3.8, 4) is 0 Å². The third kappa shape index (κ3) is 2.41. The molecule has 5 atom stereocenters. The number of fused-ring (bicyclic) bond motifs is 2. The van der Waals surface area contributed by atoms with Gasteiger partial charge in [-0.15, -0.1) is 0 Å². The van der Waals surface area contributed by atoms with Crippen LogP contribution in [0.25, 0.3) is 0 Å². The molecule has 2 N–H and O–H groups in total. The van der Waals surface area contributed by atoms with Crippen LogP contribution in [-0.4, -0.2) is 35.0 Å². The summed E-state index contributed by atoms with van der Waals surface area (Å²) in [5.41, 5.74) is 0. The highest BCUT2D eigenvalue weighted by molar-refractivity contribution is 7.99. The van der Waals surface area contributed by atoms with Crippen molar-refractivity contribution in [1.82, 2.24) is 5.32 Å². The van der Waals surface area contributed by atoms with E-state index in [0.29, 0.717) is 11.8 Å². The normalized spacial score (nSPS) is 34.6. The number of rotatable bonds is 5. The van der Waals surface area contributed by atoms with Crippen molar-refractivity contribution in [3.63, 3.8) is 0 Å². The molecule has 4 nitrogen and oxygen atoms in total. The molecule has 2 aliphatic carbocycles. The van der Waals surface area contributed by atoms with E-state index in [1.54, 1.807) is 11.8 Å². The fourth-order valence-electron chi connectivity index (χ4n) is 2.96. The average Bonchev–Trinajstić information content (AvgIpc) is 2.95. The Balaban J connectivity index is 2.01. The van der Waals surface area contributed by atoms with Crippen molar-refractivity contribution < 1.29 is 14.7 Å². The van der Waals surface area contributed by atoms with E-state index in [1.807, 2.05) is 25.3 Å². The molecule has 0 spiro atoms. The first-order valence-corrected chi connectivity index (χ1v) is 7.55. The van der Waals surface area contributed by atoms with E-state index in [2.05, 4.69) is 5.32 Å². The quantitative estimate of drug-likeness (QED) is 0.740. The number of amides is 1. The van der Waals surface area contributed by atoms with Gasteiger partial charge in [0, 0.05) is 11.8 Å². The predicted octanol–water partition coefficient (Wildman–Crippen LogP) is 1.38. The molecule has 1 amide bonds. The minimum Gasteiger partial charge on any atom is -0.481 e. The molecule has 1 fully saturated rings. The summed E-state index contributed by atoms with van der Waals surface area (Å²) in [6.45, 7) is 2.64. The van der Waals surface area contributed by atoms with Gasteiger partial charge in [0.15, 0.2) is 0 Å². The zero-order valence-electron chi connectivity index (χ0n) is 10.6. The molecule has 2 aliphatic rings. The highest BCUT2D eigenvalue weighted by Crippen LogP contribution is 2.48. The molecule has 0 heterocycles. The van der Waals surface area contributed by atoms with Crippen molar-refractivity contribution in [1.29, 1.82) is 0 Å². The minimum atomic E-state index is -0.843. The number of carbonyl (C=O) groups excluding carboxylic acids is 1. The van der Waals surface area contributed by atoms with Crippen LogP contribution in [0.2, 0.25) is 0 Å². The largest absolute Gasteiger partial charge is 0.481 e. The first-order chi connectivity index (χ1) is 8.54. The molecule has 18 heavy (non-hydrogen) atoms. The molecule has 0 saturated heterocycles. The van der Waals surface area contributed by atoms with Crippen LogP contribution in [-0.2, 0) is 9.59 Å². The Morgan fingerprint density at radius 1 is 1.39 bits per heavy atom. The van der Waals surface area contributed by atoms with Crippen molar-refractivity contribution in [2.24, 2.45) is 23.7 Å². The summed E-state index contributed by atoms with van der Waals surface area (Å²) in [5, 5.41) is 12.5. The molecule has 0 aromatic carbocycles. The van der Waals surface area contributed by atoms with Crippen LogP contribution in [0.15, 0.2) is 12.2 Å². The second-order valence-corrected chi connectivity index (χ2v) is 6.41. The third-order valence-corrected chi connectivity index (χ3v) is 4.98. The lowest BCUT2D eigenvalue weighted by molar-refractivity contribution is -0.147. The van der Waals surface area contributed by atoms with Crippen molar-refractivity contribution >= 4 is 23.6 Å². The minimum absolute atomic E-state index is 0.0428. The van der Waals surface area contributed by atoms with E-state index in [4.69, 9.17) is 0 Å². The summed E-state index contributed by atoms with van der Waals surface area (Å²) in [5.74, 6) is -1.71. The Labute approximate surface area is 111 Å². The van der Waals surface area contributed by atoms with E-state index in [0.717, 1.165) is 6.42 Å². The number of carbonyl (C=O) groups is 2. The fraction of sp³-hybridized carbons (Fsp3) is 0.692. The molecule has 0 radical (unpaired) electrons. The van der Waals surface area contributed by atoms with Gasteiger partial charge in [-0.1, -0.05) is 19.1 Å². The van der Waals surface area contributed by atoms with Crippen LogP contribution in [0.5, 0.6) is 0 Å². The number of allylic oxidation sites excluding steroid dienone is 2. The lowest BCUT2D eigenvalue weighted by Gasteiger charge is -2.24. The SMILES string of the molecule is CSC(C)CNC(=O)C1C2C=CC(C2)C1C(=O)O.